The Kier molecular flexibility index (Phi) is 8.03. The number of carbonyl (C=O) groups excluding carboxylic acids is 1. The second-order valence-electron chi connectivity index (χ2n) is 8.64. The van der Waals surface area contributed by atoms with Crippen molar-refractivity contribution in [1.29, 1.82) is 0 Å². The molecule has 2 atom stereocenters. The van der Waals surface area contributed by atoms with Gasteiger partial charge in [0, 0.05) is 56.1 Å². The third kappa shape index (κ3) is 5.49. The van der Waals surface area contributed by atoms with Crippen LogP contribution in [-0.4, -0.2) is 65.7 Å². The van der Waals surface area contributed by atoms with E-state index < -0.39 is 6.43 Å². The molecule has 2 aliphatic heterocycles. The summed E-state index contributed by atoms with van der Waals surface area (Å²) in [6.45, 7) is 11.1. The summed E-state index contributed by atoms with van der Waals surface area (Å²) in [5, 5.41) is 0.0318. The van der Waals surface area contributed by atoms with Crippen molar-refractivity contribution in [3.05, 3.63) is 77.6 Å². The molecule has 2 fully saturated rings. The SMILES string of the molecule is C=CC[C@H]1[C@H](N2CCN(C(=O)OCc3ccccc3)CC2)CN1c1cc(Cl)nc(C(F)F)c1C=C. The largest absolute Gasteiger partial charge is 0.445 e. The molecule has 0 unspecified atom stereocenters. The van der Waals surface area contributed by atoms with E-state index in [9.17, 15) is 13.6 Å². The van der Waals surface area contributed by atoms with Crippen molar-refractivity contribution >= 4 is 29.5 Å². The molecule has 2 aliphatic rings. The van der Waals surface area contributed by atoms with Crippen LogP contribution in [0.25, 0.3) is 6.08 Å². The van der Waals surface area contributed by atoms with Crippen molar-refractivity contribution in [2.75, 3.05) is 37.6 Å². The van der Waals surface area contributed by atoms with Gasteiger partial charge in [-0.3, -0.25) is 4.90 Å². The van der Waals surface area contributed by atoms with Gasteiger partial charge >= 0.3 is 6.09 Å². The second kappa shape index (κ2) is 11.2. The smallest absolute Gasteiger partial charge is 0.410 e. The molecule has 0 aliphatic carbocycles. The number of pyridine rings is 1. The molecule has 2 aromatic rings. The quantitative estimate of drug-likeness (QED) is 0.357. The summed E-state index contributed by atoms with van der Waals surface area (Å²) in [5.41, 5.74) is 1.52. The Balaban J connectivity index is 1.39. The standard InChI is InChI=1S/C26H29ClF2N4O2/c1-3-8-20-22(16-33(20)21-15-23(27)30-24(25(28)29)19(21)4-2)31-11-13-32(14-12-31)26(34)35-17-18-9-6-5-7-10-18/h3-7,9-10,15,20,22,25H,1-2,8,11-14,16-17H2/t20-,22+/m0/s1. The molecule has 0 saturated carbocycles. The summed E-state index contributed by atoms with van der Waals surface area (Å²) in [5.74, 6) is 0. The van der Waals surface area contributed by atoms with E-state index in [0.29, 0.717) is 50.4 Å². The number of amides is 1. The van der Waals surface area contributed by atoms with E-state index in [1.165, 1.54) is 6.08 Å². The molecule has 0 bridgehead atoms. The molecule has 186 valence electrons. The van der Waals surface area contributed by atoms with Gasteiger partial charge in [0.05, 0.1) is 0 Å². The minimum Gasteiger partial charge on any atom is -0.445 e. The minimum atomic E-state index is -2.75. The predicted octanol–water partition coefficient (Wildman–Crippen LogP) is 5.40. The fourth-order valence-electron chi connectivity index (χ4n) is 4.81. The van der Waals surface area contributed by atoms with Crippen LogP contribution in [0.5, 0.6) is 0 Å². The number of nitrogens with zero attached hydrogens (tertiary/aromatic N) is 4. The molecule has 1 amide bonds. The van der Waals surface area contributed by atoms with E-state index >= 15 is 0 Å². The normalized spacial score (nSPS) is 20.5. The third-order valence-electron chi connectivity index (χ3n) is 6.64. The number of hydrogen-bond donors (Lipinski definition) is 0. The Bertz CT molecular complexity index is 1060. The van der Waals surface area contributed by atoms with Crippen molar-refractivity contribution in [2.24, 2.45) is 0 Å². The number of ether oxygens (including phenoxy) is 1. The highest BCUT2D eigenvalue weighted by Crippen LogP contribution is 2.39. The highest BCUT2D eigenvalue weighted by atomic mass is 35.5. The van der Waals surface area contributed by atoms with Crippen LogP contribution in [0.15, 0.2) is 55.6 Å². The number of alkyl halides is 2. The number of halogens is 3. The first-order chi connectivity index (χ1) is 16.9. The lowest BCUT2D eigenvalue weighted by Gasteiger charge is -2.55. The van der Waals surface area contributed by atoms with Crippen molar-refractivity contribution < 1.29 is 18.3 Å². The molecule has 1 aromatic carbocycles. The average Bonchev–Trinajstić information content (AvgIpc) is 2.86. The maximum atomic E-state index is 13.6. The van der Waals surface area contributed by atoms with Gasteiger partial charge in [0.15, 0.2) is 0 Å². The molecule has 0 radical (unpaired) electrons. The topological polar surface area (TPSA) is 48.9 Å². The van der Waals surface area contributed by atoms with Gasteiger partial charge in [-0.2, -0.15) is 0 Å². The fraction of sp³-hybridized carbons (Fsp3) is 0.385. The summed E-state index contributed by atoms with van der Waals surface area (Å²) < 4.78 is 32.6. The molecular formula is C26H29ClF2N4O2. The van der Waals surface area contributed by atoms with Gasteiger partial charge in [0.25, 0.3) is 6.43 Å². The van der Waals surface area contributed by atoms with Crippen LogP contribution in [0.1, 0.15) is 29.7 Å². The number of benzene rings is 1. The fourth-order valence-corrected chi connectivity index (χ4v) is 5.00. The van der Waals surface area contributed by atoms with Crippen LogP contribution >= 0.6 is 11.6 Å². The molecule has 0 spiro atoms. The first-order valence-corrected chi connectivity index (χ1v) is 12.0. The van der Waals surface area contributed by atoms with Crippen LogP contribution in [0.2, 0.25) is 5.15 Å². The third-order valence-corrected chi connectivity index (χ3v) is 6.83. The van der Waals surface area contributed by atoms with Crippen molar-refractivity contribution in [3.8, 4) is 0 Å². The molecule has 0 N–H and O–H groups in total. The number of rotatable bonds is 8. The average molecular weight is 503 g/mol. The number of hydrogen-bond acceptors (Lipinski definition) is 5. The van der Waals surface area contributed by atoms with Crippen molar-refractivity contribution in [2.45, 2.75) is 31.5 Å². The van der Waals surface area contributed by atoms with Gasteiger partial charge in [-0.1, -0.05) is 60.7 Å². The first kappa shape index (κ1) is 25.1. The number of aromatic nitrogens is 1. The summed E-state index contributed by atoms with van der Waals surface area (Å²) in [6.07, 6.45) is 0.881. The lowest BCUT2D eigenvalue weighted by Crippen LogP contribution is -2.69. The molecular weight excluding hydrogens is 474 g/mol. The van der Waals surface area contributed by atoms with E-state index in [1.807, 2.05) is 36.4 Å². The lowest BCUT2D eigenvalue weighted by molar-refractivity contribution is 0.0435. The Hall–Kier alpha value is -2.97. The molecule has 4 rings (SSSR count). The summed E-state index contributed by atoms with van der Waals surface area (Å²) in [6, 6.07) is 11.5. The van der Waals surface area contributed by atoms with Crippen LogP contribution in [0.4, 0.5) is 19.3 Å². The molecule has 6 nitrogen and oxygen atoms in total. The van der Waals surface area contributed by atoms with Gasteiger partial charge in [-0.05, 0) is 18.1 Å². The van der Waals surface area contributed by atoms with Gasteiger partial charge in [-0.25, -0.2) is 18.6 Å². The number of piperazine rings is 1. The molecule has 1 aromatic heterocycles. The zero-order valence-corrected chi connectivity index (χ0v) is 20.2. The summed E-state index contributed by atoms with van der Waals surface area (Å²) >= 11 is 6.08. The summed E-state index contributed by atoms with van der Waals surface area (Å²) in [7, 11) is 0. The lowest BCUT2D eigenvalue weighted by atomic mass is 9.89. The van der Waals surface area contributed by atoms with Gasteiger partial charge < -0.3 is 14.5 Å². The Labute approximate surface area is 209 Å². The van der Waals surface area contributed by atoms with Crippen LogP contribution in [0.3, 0.4) is 0 Å². The van der Waals surface area contributed by atoms with E-state index in [0.717, 1.165) is 5.56 Å². The predicted molar refractivity (Wildman–Crippen MR) is 134 cm³/mol. The zero-order valence-electron chi connectivity index (χ0n) is 19.5. The maximum absolute atomic E-state index is 13.6. The van der Waals surface area contributed by atoms with E-state index in [4.69, 9.17) is 16.3 Å². The Morgan fingerprint density at radius 1 is 1.20 bits per heavy atom. The van der Waals surface area contributed by atoms with E-state index in [2.05, 4.69) is 27.9 Å². The molecule has 9 heteroatoms. The highest BCUT2D eigenvalue weighted by Gasteiger charge is 2.44. The van der Waals surface area contributed by atoms with Crippen LogP contribution < -0.4 is 4.90 Å². The summed E-state index contributed by atoms with van der Waals surface area (Å²) in [4.78, 5) is 22.5. The number of carbonyl (C=O) groups is 1. The monoisotopic (exact) mass is 502 g/mol. The van der Waals surface area contributed by atoms with Gasteiger partial charge in [0.2, 0.25) is 0 Å². The van der Waals surface area contributed by atoms with E-state index in [1.54, 1.807) is 11.0 Å². The second-order valence-corrected chi connectivity index (χ2v) is 9.03. The number of anilines is 1. The minimum absolute atomic E-state index is 0.0318. The Morgan fingerprint density at radius 2 is 1.91 bits per heavy atom. The molecule has 3 heterocycles. The van der Waals surface area contributed by atoms with Gasteiger partial charge in [0.1, 0.15) is 17.5 Å². The zero-order chi connectivity index (χ0) is 24.9. The van der Waals surface area contributed by atoms with Crippen LogP contribution in [0, 0.1) is 0 Å². The van der Waals surface area contributed by atoms with Crippen molar-refractivity contribution in [1.82, 2.24) is 14.8 Å². The van der Waals surface area contributed by atoms with Crippen molar-refractivity contribution in [3.63, 3.8) is 0 Å². The first-order valence-electron chi connectivity index (χ1n) is 11.6. The maximum Gasteiger partial charge on any atom is 0.410 e. The van der Waals surface area contributed by atoms with Crippen LogP contribution in [-0.2, 0) is 11.3 Å². The molecule has 35 heavy (non-hydrogen) atoms. The highest BCUT2D eigenvalue weighted by molar-refractivity contribution is 6.29. The van der Waals surface area contributed by atoms with E-state index in [-0.39, 0.29) is 35.6 Å². The molecule has 2 saturated heterocycles. The van der Waals surface area contributed by atoms with Gasteiger partial charge in [-0.15, -0.1) is 6.58 Å². The Morgan fingerprint density at radius 3 is 2.54 bits per heavy atom.